The average Bonchev–Trinajstić information content (AvgIpc) is 2.48. The molecule has 0 spiro atoms. The van der Waals surface area contributed by atoms with Gasteiger partial charge in [0.2, 0.25) is 0 Å². The summed E-state index contributed by atoms with van der Waals surface area (Å²) in [6.07, 6.45) is 0.824. The van der Waals surface area contributed by atoms with E-state index in [4.69, 9.17) is 11.6 Å². The van der Waals surface area contributed by atoms with Gasteiger partial charge in [-0.15, -0.1) is 0 Å². The van der Waals surface area contributed by atoms with Crippen molar-refractivity contribution in [1.29, 1.82) is 0 Å². The van der Waals surface area contributed by atoms with E-state index in [0.29, 0.717) is 0 Å². The largest absolute Gasteiger partial charge is 0.334 e. The van der Waals surface area contributed by atoms with Crippen LogP contribution in [0.4, 0.5) is 10.1 Å². The normalized spacial score (nSPS) is 21.8. The molecule has 7 heteroatoms. The molecule has 1 saturated heterocycles. The number of halogens is 2. The monoisotopic (exact) mass is 341 g/mol. The summed E-state index contributed by atoms with van der Waals surface area (Å²) in [5.74, 6) is -1.61. The van der Waals surface area contributed by atoms with Crippen LogP contribution in [0.1, 0.15) is 13.3 Å². The summed E-state index contributed by atoms with van der Waals surface area (Å²) < 4.78 is 13.0. The van der Waals surface area contributed by atoms with E-state index in [2.05, 4.69) is 17.1 Å². The SMILES string of the molecule is CC1CN(C)CCC1N(C)C(=O)C(=O)Nc1ccc(F)cc1Cl. The number of hydrogen-bond acceptors (Lipinski definition) is 3. The average molecular weight is 342 g/mol. The summed E-state index contributed by atoms with van der Waals surface area (Å²) in [7, 11) is 3.68. The zero-order chi connectivity index (χ0) is 17.1. The Hall–Kier alpha value is -1.66. The second kappa shape index (κ2) is 7.27. The Bertz CT molecular complexity index is 611. The maximum Gasteiger partial charge on any atom is 0.313 e. The first kappa shape index (κ1) is 17.7. The highest BCUT2D eigenvalue weighted by molar-refractivity contribution is 6.41. The molecule has 2 amide bonds. The van der Waals surface area contributed by atoms with Gasteiger partial charge in [-0.2, -0.15) is 0 Å². The zero-order valence-electron chi connectivity index (χ0n) is 13.5. The van der Waals surface area contributed by atoms with Crippen molar-refractivity contribution in [3.05, 3.63) is 29.0 Å². The fraction of sp³-hybridized carbons (Fsp3) is 0.500. The number of benzene rings is 1. The number of nitrogens with one attached hydrogen (secondary N) is 1. The van der Waals surface area contributed by atoms with Crippen LogP contribution >= 0.6 is 11.6 Å². The minimum absolute atomic E-state index is 0.0214. The molecule has 5 nitrogen and oxygen atoms in total. The lowest BCUT2D eigenvalue weighted by Crippen LogP contribution is -2.52. The third kappa shape index (κ3) is 4.20. The van der Waals surface area contributed by atoms with Gasteiger partial charge in [-0.25, -0.2) is 4.39 Å². The summed E-state index contributed by atoms with van der Waals surface area (Å²) in [5.41, 5.74) is 0.219. The third-order valence-corrected chi connectivity index (χ3v) is 4.57. The van der Waals surface area contributed by atoms with Crippen LogP contribution in [-0.2, 0) is 9.59 Å². The van der Waals surface area contributed by atoms with E-state index in [1.807, 2.05) is 7.05 Å². The Morgan fingerprint density at radius 2 is 2.13 bits per heavy atom. The molecular weight excluding hydrogens is 321 g/mol. The van der Waals surface area contributed by atoms with Gasteiger partial charge in [0.25, 0.3) is 0 Å². The molecular formula is C16H21ClFN3O2. The quantitative estimate of drug-likeness (QED) is 0.839. The van der Waals surface area contributed by atoms with E-state index < -0.39 is 17.6 Å². The van der Waals surface area contributed by atoms with Crippen molar-refractivity contribution in [2.24, 2.45) is 5.92 Å². The van der Waals surface area contributed by atoms with Crippen LogP contribution in [0.5, 0.6) is 0 Å². The van der Waals surface area contributed by atoms with Crippen LogP contribution in [0.3, 0.4) is 0 Å². The Kier molecular flexibility index (Phi) is 5.59. The van der Waals surface area contributed by atoms with Crippen molar-refractivity contribution in [2.75, 3.05) is 32.5 Å². The topological polar surface area (TPSA) is 52.7 Å². The molecule has 23 heavy (non-hydrogen) atoms. The van der Waals surface area contributed by atoms with E-state index in [9.17, 15) is 14.0 Å². The number of nitrogens with zero attached hydrogens (tertiary/aromatic N) is 2. The molecule has 1 aliphatic rings. The first-order chi connectivity index (χ1) is 10.8. The number of rotatable bonds is 2. The van der Waals surface area contributed by atoms with Crippen molar-refractivity contribution < 1.29 is 14.0 Å². The van der Waals surface area contributed by atoms with Crippen molar-refractivity contribution >= 4 is 29.1 Å². The lowest BCUT2D eigenvalue weighted by Gasteiger charge is -2.39. The highest BCUT2D eigenvalue weighted by atomic mass is 35.5. The molecule has 1 aromatic carbocycles. The number of amides is 2. The first-order valence-electron chi connectivity index (χ1n) is 7.51. The van der Waals surface area contributed by atoms with Crippen LogP contribution in [0.15, 0.2) is 18.2 Å². The predicted octanol–water partition coefficient (Wildman–Crippen LogP) is 2.22. The summed E-state index contributed by atoms with van der Waals surface area (Å²) in [6, 6.07) is 3.62. The molecule has 0 aliphatic carbocycles. The molecule has 0 radical (unpaired) electrons. The van der Waals surface area contributed by atoms with Crippen molar-refractivity contribution in [2.45, 2.75) is 19.4 Å². The summed E-state index contributed by atoms with van der Waals surface area (Å²) in [5, 5.41) is 2.50. The molecule has 1 aliphatic heterocycles. The lowest BCUT2D eigenvalue weighted by atomic mass is 9.93. The molecule has 126 valence electrons. The molecule has 0 saturated carbocycles. The van der Waals surface area contributed by atoms with Crippen LogP contribution < -0.4 is 5.32 Å². The molecule has 1 aromatic rings. The number of carbonyl (C=O) groups excluding carboxylic acids is 2. The van der Waals surface area contributed by atoms with Crippen molar-refractivity contribution in [3.8, 4) is 0 Å². The van der Waals surface area contributed by atoms with Gasteiger partial charge < -0.3 is 15.1 Å². The van der Waals surface area contributed by atoms with E-state index in [0.717, 1.165) is 25.6 Å². The molecule has 0 bridgehead atoms. The Morgan fingerprint density at radius 1 is 1.43 bits per heavy atom. The molecule has 1 fully saturated rings. The highest BCUT2D eigenvalue weighted by Gasteiger charge is 2.32. The zero-order valence-corrected chi connectivity index (χ0v) is 14.2. The minimum Gasteiger partial charge on any atom is -0.334 e. The third-order valence-electron chi connectivity index (χ3n) is 4.25. The van der Waals surface area contributed by atoms with E-state index in [-0.39, 0.29) is 22.7 Å². The summed E-state index contributed by atoms with van der Waals surface area (Å²) in [4.78, 5) is 28.2. The van der Waals surface area contributed by atoms with Crippen LogP contribution in [0.25, 0.3) is 0 Å². The number of likely N-dealkylation sites (N-methyl/N-ethyl adjacent to an activating group) is 1. The van der Waals surface area contributed by atoms with Crippen molar-refractivity contribution in [3.63, 3.8) is 0 Å². The van der Waals surface area contributed by atoms with E-state index >= 15 is 0 Å². The number of anilines is 1. The maximum atomic E-state index is 13.0. The minimum atomic E-state index is -0.771. The summed E-state index contributed by atoms with van der Waals surface area (Å²) >= 11 is 5.86. The van der Waals surface area contributed by atoms with Gasteiger partial charge in [0.1, 0.15) is 5.82 Å². The fourth-order valence-corrected chi connectivity index (χ4v) is 3.21. The van der Waals surface area contributed by atoms with Gasteiger partial charge in [-0.3, -0.25) is 9.59 Å². The van der Waals surface area contributed by atoms with Crippen LogP contribution in [0.2, 0.25) is 5.02 Å². The van der Waals surface area contributed by atoms with Gasteiger partial charge >= 0.3 is 11.8 Å². The Balaban J connectivity index is 2.02. The molecule has 0 aromatic heterocycles. The molecule has 1 heterocycles. The second-order valence-electron chi connectivity index (χ2n) is 6.09. The second-order valence-corrected chi connectivity index (χ2v) is 6.50. The lowest BCUT2D eigenvalue weighted by molar-refractivity contribution is -0.145. The number of carbonyl (C=O) groups is 2. The van der Waals surface area contributed by atoms with Gasteiger partial charge in [0, 0.05) is 19.6 Å². The first-order valence-corrected chi connectivity index (χ1v) is 7.89. The van der Waals surface area contributed by atoms with E-state index in [1.165, 1.54) is 17.0 Å². The maximum absolute atomic E-state index is 13.0. The fourth-order valence-electron chi connectivity index (χ4n) is 2.99. The van der Waals surface area contributed by atoms with Gasteiger partial charge in [0.05, 0.1) is 10.7 Å². The van der Waals surface area contributed by atoms with Gasteiger partial charge in [-0.05, 0) is 44.1 Å². The molecule has 2 atom stereocenters. The number of likely N-dealkylation sites (tertiary alicyclic amines) is 1. The standard InChI is InChI=1S/C16H21ClFN3O2/c1-10-9-20(2)7-6-14(10)21(3)16(23)15(22)19-13-5-4-11(18)8-12(13)17/h4-5,8,10,14H,6-7,9H2,1-3H3,(H,19,22). The predicted molar refractivity (Wildman–Crippen MR) is 87.9 cm³/mol. The Morgan fingerprint density at radius 3 is 2.74 bits per heavy atom. The highest BCUT2D eigenvalue weighted by Crippen LogP contribution is 2.23. The van der Waals surface area contributed by atoms with E-state index in [1.54, 1.807) is 7.05 Å². The number of hydrogen-bond donors (Lipinski definition) is 1. The molecule has 2 rings (SSSR count). The van der Waals surface area contributed by atoms with Gasteiger partial charge in [-0.1, -0.05) is 18.5 Å². The summed E-state index contributed by atoms with van der Waals surface area (Å²) in [6.45, 7) is 3.84. The van der Waals surface area contributed by atoms with Gasteiger partial charge in [0.15, 0.2) is 0 Å². The Labute approximate surface area is 140 Å². The smallest absolute Gasteiger partial charge is 0.313 e. The molecule has 1 N–H and O–H groups in total. The van der Waals surface area contributed by atoms with Crippen LogP contribution in [0, 0.1) is 11.7 Å². The number of piperidine rings is 1. The van der Waals surface area contributed by atoms with Crippen molar-refractivity contribution in [1.82, 2.24) is 9.80 Å². The van der Waals surface area contributed by atoms with Crippen LogP contribution in [-0.4, -0.2) is 54.8 Å². The molecule has 2 unspecified atom stereocenters.